The lowest BCUT2D eigenvalue weighted by molar-refractivity contribution is 0.103. The first-order valence-electron chi connectivity index (χ1n) is 12.2. The van der Waals surface area contributed by atoms with Crippen LogP contribution in [0.3, 0.4) is 0 Å². The Hall–Kier alpha value is -2.90. The Kier molecular flexibility index (Phi) is 8.78. The van der Waals surface area contributed by atoms with Gasteiger partial charge in [0.15, 0.2) is 23.2 Å². The number of ether oxygens (including phenoxy) is 1. The standard InChI is InChI=1S/C25H27F3N4O4S2/c1-3-11-37-32(38(34,35)12-4-2)20-14-17(26)23(27)22(24(20)28)25(33)16-5-6-18-19(13-16)30-21(15-29-18)31-7-9-36-10-8-31/h5-6,13-15H,3-4,7-12H2,1-2H3. The molecule has 0 atom stereocenters. The van der Waals surface area contributed by atoms with E-state index in [4.69, 9.17) is 4.74 Å². The van der Waals surface area contributed by atoms with Crippen molar-refractivity contribution in [3.8, 4) is 0 Å². The number of carbonyl (C=O) groups is 1. The van der Waals surface area contributed by atoms with Gasteiger partial charge in [-0.2, -0.15) is 0 Å². The Labute approximate surface area is 223 Å². The van der Waals surface area contributed by atoms with Crippen LogP contribution in [0.4, 0.5) is 24.7 Å². The van der Waals surface area contributed by atoms with E-state index >= 15 is 4.39 Å². The summed E-state index contributed by atoms with van der Waals surface area (Å²) < 4.78 is 77.0. The van der Waals surface area contributed by atoms with Gasteiger partial charge in [0.05, 0.1) is 41.8 Å². The van der Waals surface area contributed by atoms with Gasteiger partial charge in [0.1, 0.15) is 11.5 Å². The van der Waals surface area contributed by atoms with Gasteiger partial charge in [0.25, 0.3) is 0 Å². The quantitative estimate of drug-likeness (QED) is 0.197. The Morgan fingerprint density at radius 2 is 1.82 bits per heavy atom. The van der Waals surface area contributed by atoms with Gasteiger partial charge in [-0.1, -0.05) is 13.8 Å². The molecular formula is C25H27F3N4O4S2. The summed E-state index contributed by atoms with van der Waals surface area (Å²) in [5.74, 6) is -5.33. The normalized spacial score (nSPS) is 14.2. The zero-order valence-electron chi connectivity index (χ0n) is 20.9. The molecule has 8 nitrogen and oxygen atoms in total. The molecule has 0 spiro atoms. The van der Waals surface area contributed by atoms with Crippen molar-refractivity contribution in [3.05, 3.63) is 59.0 Å². The fourth-order valence-electron chi connectivity index (χ4n) is 3.97. The molecule has 2 heterocycles. The number of ketones is 1. The number of benzene rings is 2. The van der Waals surface area contributed by atoms with Gasteiger partial charge in [-0.25, -0.2) is 30.3 Å². The number of hydrogen-bond acceptors (Lipinski definition) is 8. The first-order valence-corrected chi connectivity index (χ1v) is 14.7. The molecule has 4 rings (SSSR count). The van der Waals surface area contributed by atoms with Crippen LogP contribution in [0, 0.1) is 17.5 Å². The first kappa shape index (κ1) is 28.1. The molecule has 1 saturated heterocycles. The van der Waals surface area contributed by atoms with E-state index in [1.807, 2.05) is 4.90 Å². The molecule has 0 aliphatic carbocycles. The smallest absolute Gasteiger partial charge is 0.244 e. The third kappa shape index (κ3) is 5.74. The highest BCUT2D eigenvalue weighted by atomic mass is 32.3. The van der Waals surface area contributed by atoms with E-state index in [9.17, 15) is 22.0 Å². The van der Waals surface area contributed by atoms with E-state index < -0.39 is 44.5 Å². The van der Waals surface area contributed by atoms with Crippen molar-refractivity contribution in [2.75, 3.05) is 46.4 Å². The molecule has 204 valence electrons. The number of anilines is 2. The number of carbonyl (C=O) groups excluding carboxylic acids is 1. The van der Waals surface area contributed by atoms with Crippen molar-refractivity contribution in [2.45, 2.75) is 26.7 Å². The van der Waals surface area contributed by atoms with Crippen LogP contribution in [0.25, 0.3) is 11.0 Å². The monoisotopic (exact) mass is 568 g/mol. The average Bonchev–Trinajstić information content (AvgIpc) is 2.91. The molecule has 3 aromatic rings. The van der Waals surface area contributed by atoms with E-state index in [1.54, 1.807) is 20.0 Å². The highest BCUT2D eigenvalue weighted by Crippen LogP contribution is 2.35. The summed E-state index contributed by atoms with van der Waals surface area (Å²) in [4.78, 5) is 24.2. The maximum Gasteiger partial charge on any atom is 0.244 e. The molecule has 1 fully saturated rings. The molecule has 1 aromatic heterocycles. The summed E-state index contributed by atoms with van der Waals surface area (Å²) >= 11 is 0.757. The van der Waals surface area contributed by atoms with Crippen LogP contribution >= 0.6 is 11.9 Å². The van der Waals surface area contributed by atoms with Crippen molar-refractivity contribution in [3.63, 3.8) is 0 Å². The lowest BCUT2D eigenvalue weighted by Crippen LogP contribution is -2.36. The summed E-state index contributed by atoms with van der Waals surface area (Å²) in [7, 11) is -4.08. The molecule has 0 saturated carbocycles. The zero-order chi connectivity index (χ0) is 27.4. The van der Waals surface area contributed by atoms with Crippen LogP contribution in [0.5, 0.6) is 0 Å². The van der Waals surface area contributed by atoms with Crippen molar-refractivity contribution < 1.29 is 31.1 Å². The highest BCUT2D eigenvalue weighted by molar-refractivity contribution is 8.14. The lowest BCUT2D eigenvalue weighted by Gasteiger charge is -2.27. The van der Waals surface area contributed by atoms with Crippen LogP contribution in [0.2, 0.25) is 0 Å². The molecule has 0 N–H and O–H groups in total. The van der Waals surface area contributed by atoms with Gasteiger partial charge in [-0.05, 0) is 43.0 Å². The van der Waals surface area contributed by atoms with Gasteiger partial charge >= 0.3 is 0 Å². The third-order valence-electron chi connectivity index (χ3n) is 5.81. The Balaban J connectivity index is 1.78. The Bertz CT molecular complexity index is 1450. The predicted octanol–water partition coefficient (Wildman–Crippen LogP) is 4.72. The van der Waals surface area contributed by atoms with Gasteiger partial charge in [0.2, 0.25) is 10.0 Å². The summed E-state index contributed by atoms with van der Waals surface area (Å²) in [5, 5.41) is 0. The number of rotatable bonds is 10. The average molecular weight is 569 g/mol. The third-order valence-corrected chi connectivity index (χ3v) is 9.46. The summed E-state index contributed by atoms with van der Waals surface area (Å²) in [6.45, 7) is 5.69. The first-order chi connectivity index (χ1) is 18.2. The van der Waals surface area contributed by atoms with Crippen LogP contribution in [-0.2, 0) is 14.8 Å². The topological polar surface area (TPSA) is 92.7 Å². The summed E-state index contributed by atoms with van der Waals surface area (Å²) in [6, 6.07) is 4.59. The Morgan fingerprint density at radius 1 is 1.08 bits per heavy atom. The number of hydrogen-bond donors (Lipinski definition) is 0. The number of aromatic nitrogens is 2. The van der Waals surface area contributed by atoms with E-state index in [2.05, 4.69) is 9.97 Å². The lowest BCUT2D eigenvalue weighted by atomic mass is 10.0. The second-order valence-corrected chi connectivity index (χ2v) is 11.8. The van der Waals surface area contributed by atoms with Crippen LogP contribution in [0.15, 0.2) is 30.5 Å². The molecule has 13 heteroatoms. The number of sulfonamides is 1. The maximum absolute atomic E-state index is 15.7. The second-order valence-electron chi connectivity index (χ2n) is 8.62. The maximum atomic E-state index is 15.7. The zero-order valence-corrected chi connectivity index (χ0v) is 22.5. The molecule has 0 bridgehead atoms. The highest BCUT2D eigenvalue weighted by Gasteiger charge is 2.32. The van der Waals surface area contributed by atoms with Gasteiger partial charge < -0.3 is 9.64 Å². The van der Waals surface area contributed by atoms with Crippen LogP contribution in [-0.4, -0.2) is 62.0 Å². The van der Waals surface area contributed by atoms with Crippen molar-refractivity contribution in [1.29, 1.82) is 0 Å². The molecule has 38 heavy (non-hydrogen) atoms. The van der Waals surface area contributed by atoms with E-state index in [1.165, 1.54) is 18.2 Å². The molecule has 1 aliphatic heterocycles. The fraction of sp³-hybridized carbons (Fsp3) is 0.400. The fourth-order valence-corrected chi connectivity index (χ4v) is 6.79. The molecule has 0 unspecified atom stereocenters. The minimum absolute atomic E-state index is 0.149. The SMILES string of the molecule is CCCSN(c1cc(F)c(F)c(C(=O)c2ccc3ncc(N4CCOCC4)nc3c2)c1F)S(=O)(=O)CCC. The molecular weight excluding hydrogens is 541 g/mol. The largest absolute Gasteiger partial charge is 0.378 e. The van der Waals surface area contributed by atoms with E-state index in [-0.39, 0.29) is 23.5 Å². The van der Waals surface area contributed by atoms with Crippen molar-refractivity contribution in [1.82, 2.24) is 9.97 Å². The molecule has 0 amide bonds. The minimum atomic E-state index is -4.08. The Morgan fingerprint density at radius 3 is 2.50 bits per heavy atom. The molecule has 0 radical (unpaired) electrons. The van der Waals surface area contributed by atoms with Gasteiger partial charge in [-0.3, -0.25) is 9.78 Å². The molecule has 2 aromatic carbocycles. The number of fused-ring (bicyclic) bond motifs is 1. The van der Waals surface area contributed by atoms with Gasteiger partial charge in [0, 0.05) is 30.5 Å². The summed E-state index contributed by atoms with van der Waals surface area (Å²) in [5.41, 5.74) is -1.29. The summed E-state index contributed by atoms with van der Waals surface area (Å²) in [6.07, 6.45) is 2.37. The van der Waals surface area contributed by atoms with Gasteiger partial charge in [-0.15, -0.1) is 0 Å². The predicted molar refractivity (Wildman–Crippen MR) is 142 cm³/mol. The van der Waals surface area contributed by atoms with Crippen LogP contribution in [0.1, 0.15) is 42.6 Å². The number of halogens is 3. The number of nitrogens with zero attached hydrogens (tertiary/aromatic N) is 4. The second kappa shape index (κ2) is 11.9. The number of morpholine rings is 1. The van der Waals surface area contributed by atoms with Crippen molar-refractivity contribution in [2.24, 2.45) is 0 Å². The van der Waals surface area contributed by atoms with E-state index in [0.717, 1.165) is 11.9 Å². The van der Waals surface area contributed by atoms with Crippen LogP contribution < -0.4 is 8.61 Å². The minimum Gasteiger partial charge on any atom is -0.378 e. The van der Waals surface area contributed by atoms with E-state index in [0.29, 0.717) is 59.4 Å². The molecule has 1 aliphatic rings. The van der Waals surface area contributed by atoms with Crippen molar-refractivity contribution >= 4 is 50.3 Å².